The van der Waals surface area contributed by atoms with Crippen LogP contribution in [0.3, 0.4) is 0 Å². The summed E-state index contributed by atoms with van der Waals surface area (Å²) in [6.45, 7) is 2.90. The molecule has 0 bridgehead atoms. The zero-order valence-electron chi connectivity index (χ0n) is 15.4. The normalized spacial score (nSPS) is 13.0. The molecule has 0 aliphatic carbocycles. The first-order valence-corrected chi connectivity index (χ1v) is 8.59. The average Bonchev–Trinajstić information content (AvgIpc) is 2.69. The summed E-state index contributed by atoms with van der Waals surface area (Å²) < 4.78 is 41.6. The first kappa shape index (κ1) is 20.1. The third kappa shape index (κ3) is 3.82. The van der Waals surface area contributed by atoms with Crippen LogP contribution < -0.4 is 10.9 Å². The quantitative estimate of drug-likeness (QED) is 0.703. The first-order valence-electron chi connectivity index (χ1n) is 8.59. The molecular formula is C20H15F3N4O2. The number of halogens is 3. The smallest absolute Gasteiger partial charge is 0.252 e. The first-order chi connectivity index (χ1) is 13.7. The SMILES string of the molecule is C[C@H](NC(=O)[C@H](C)c1cc2c(F)c(F)ccc2[nH]c1=O)c1ncc(C#N)cc1F. The zero-order valence-corrected chi connectivity index (χ0v) is 15.4. The molecule has 2 N–H and O–H groups in total. The molecule has 9 heteroatoms. The van der Waals surface area contributed by atoms with Crippen LogP contribution in [0.15, 0.2) is 35.3 Å². The Morgan fingerprint density at radius 2 is 1.93 bits per heavy atom. The number of pyridine rings is 2. The Balaban J connectivity index is 1.88. The minimum absolute atomic E-state index is 0.0371. The topological polar surface area (TPSA) is 98.6 Å². The van der Waals surface area contributed by atoms with Gasteiger partial charge in [-0.2, -0.15) is 5.26 Å². The van der Waals surface area contributed by atoms with Gasteiger partial charge in [0.1, 0.15) is 11.9 Å². The largest absolute Gasteiger partial charge is 0.347 e. The minimum atomic E-state index is -1.13. The lowest BCUT2D eigenvalue weighted by atomic mass is 9.99. The number of aromatic nitrogens is 2. The lowest BCUT2D eigenvalue weighted by molar-refractivity contribution is -0.122. The number of aromatic amines is 1. The Morgan fingerprint density at radius 3 is 2.59 bits per heavy atom. The van der Waals surface area contributed by atoms with E-state index in [0.717, 1.165) is 18.2 Å². The van der Waals surface area contributed by atoms with Crippen LogP contribution in [0.4, 0.5) is 13.2 Å². The fraction of sp³-hybridized carbons (Fsp3) is 0.200. The maximum absolute atomic E-state index is 14.1. The number of nitrogens with zero attached hydrogens (tertiary/aromatic N) is 2. The highest BCUT2D eigenvalue weighted by Crippen LogP contribution is 2.22. The molecule has 29 heavy (non-hydrogen) atoms. The van der Waals surface area contributed by atoms with Crippen LogP contribution in [0.2, 0.25) is 0 Å². The van der Waals surface area contributed by atoms with Gasteiger partial charge in [-0.15, -0.1) is 0 Å². The maximum Gasteiger partial charge on any atom is 0.252 e. The molecule has 0 aliphatic heterocycles. The number of carbonyl (C=O) groups excluding carboxylic acids is 1. The number of rotatable bonds is 4. The molecule has 148 valence electrons. The number of hydrogen-bond acceptors (Lipinski definition) is 4. The number of nitriles is 1. The van der Waals surface area contributed by atoms with Crippen molar-refractivity contribution in [1.29, 1.82) is 5.26 Å². The molecule has 0 spiro atoms. The number of carbonyl (C=O) groups is 1. The summed E-state index contributed by atoms with van der Waals surface area (Å²) in [4.78, 5) is 31.1. The molecule has 2 aromatic heterocycles. The van der Waals surface area contributed by atoms with Crippen LogP contribution in [0.5, 0.6) is 0 Å². The Labute approximate surface area is 163 Å². The second-order valence-electron chi connectivity index (χ2n) is 6.53. The van der Waals surface area contributed by atoms with E-state index in [1.165, 1.54) is 26.1 Å². The second-order valence-corrected chi connectivity index (χ2v) is 6.53. The highest BCUT2D eigenvalue weighted by molar-refractivity contribution is 5.86. The van der Waals surface area contributed by atoms with Crippen molar-refractivity contribution in [1.82, 2.24) is 15.3 Å². The molecule has 0 radical (unpaired) electrons. The minimum Gasteiger partial charge on any atom is -0.347 e. The van der Waals surface area contributed by atoms with Crippen molar-refractivity contribution < 1.29 is 18.0 Å². The summed E-state index contributed by atoms with van der Waals surface area (Å²) in [5, 5.41) is 11.1. The van der Waals surface area contributed by atoms with Gasteiger partial charge in [0, 0.05) is 17.1 Å². The summed E-state index contributed by atoms with van der Waals surface area (Å²) in [6, 6.07) is 5.15. The lowest BCUT2D eigenvalue weighted by Crippen LogP contribution is -2.33. The van der Waals surface area contributed by atoms with Crippen LogP contribution in [-0.2, 0) is 4.79 Å². The number of benzene rings is 1. The van der Waals surface area contributed by atoms with Crippen LogP contribution in [0.25, 0.3) is 10.9 Å². The third-order valence-electron chi connectivity index (χ3n) is 4.57. The van der Waals surface area contributed by atoms with Crippen molar-refractivity contribution in [3.8, 4) is 6.07 Å². The van der Waals surface area contributed by atoms with E-state index in [4.69, 9.17) is 5.26 Å². The van der Waals surface area contributed by atoms with Crippen LogP contribution >= 0.6 is 0 Å². The van der Waals surface area contributed by atoms with Gasteiger partial charge in [-0.25, -0.2) is 13.2 Å². The fourth-order valence-corrected chi connectivity index (χ4v) is 2.93. The van der Waals surface area contributed by atoms with Gasteiger partial charge in [0.15, 0.2) is 11.6 Å². The van der Waals surface area contributed by atoms with Crippen molar-refractivity contribution in [3.63, 3.8) is 0 Å². The number of H-pyrrole nitrogens is 1. The van der Waals surface area contributed by atoms with E-state index in [2.05, 4.69) is 15.3 Å². The highest BCUT2D eigenvalue weighted by atomic mass is 19.2. The molecule has 0 unspecified atom stereocenters. The van der Waals surface area contributed by atoms with Gasteiger partial charge in [0.05, 0.1) is 28.7 Å². The molecule has 3 rings (SSSR count). The molecular weight excluding hydrogens is 385 g/mol. The number of fused-ring (bicyclic) bond motifs is 1. The molecule has 0 saturated carbocycles. The molecule has 0 saturated heterocycles. The standard InChI is InChI=1S/C20H15F3N4O2/c1-9(12-6-13-16(27-20(12)29)4-3-14(21)17(13)23)19(28)26-10(2)18-15(22)5-11(7-24)8-25-18/h3-6,8-10H,1-2H3,(H,26,28)(H,27,29)/t9-,10+/m1/s1. The van der Waals surface area contributed by atoms with E-state index >= 15 is 0 Å². The summed E-state index contributed by atoms with van der Waals surface area (Å²) in [7, 11) is 0. The third-order valence-corrected chi connectivity index (χ3v) is 4.57. The Bertz CT molecular complexity index is 1220. The Kier molecular flexibility index (Phi) is 5.37. The van der Waals surface area contributed by atoms with Crippen LogP contribution in [-0.4, -0.2) is 15.9 Å². The van der Waals surface area contributed by atoms with Gasteiger partial charge in [-0.05, 0) is 38.1 Å². The van der Waals surface area contributed by atoms with E-state index in [0.29, 0.717) is 0 Å². The van der Waals surface area contributed by atoms with Gasteiger partial charge >= 0.3 is 0 Å². The van der Waals surface area contributed by atoms with E-state index in [9.17, 15) is 22.8 Å². The summed E-state index contributed by atoms with van der Waals surface area (Å²) in [5.41, 5.74) is -0.635. The highest BCUT2D eigenvalue weighted by Gasteiger charge is 2.23. The van der Waals surface area contributed by atoms with Gasteiger partial charge in [-0.3, -0.25) is 14.6 Å². The molecule has 2 atom stereocenters. The predicted molar refractivity (Wildman–Crippen MR) is 98.4 cm³/mol. The van der Waals surface area contributed by atoms with Gasteiger partial charge in [0.2, 0.25) is 5.91 Å². The molecule has 1 aromatic carbocycles. The van der Waals surface area contributed by atoms with Crippen molar-refractivity contribution in [2.45, 2.75) is 25.8 Å². The molecule has 0 aliphatic rings. The van der Waals surface area contributed by atoms with Gasteiger partial charge in [0.25, 0.3) is 5.56 Å². The molecule has 1 amide bonds. The molecule has 6 nitrogen and oxygen atoms in total. The second kappa shape index (κ2) is 7.75. The predicted octanol–water partition coefficient (Wildman–Crippen LogP) is 3.19. The molecule has 2 heterocycles. The molecule has 0 fully saturated rings. The Hall–Kier alpha value is -3.67. The van der Waals surface area contributed by atoms with Gasteiger partial charge < -0.3 is 10.3 Å². The van der Waals surface area contributed by atoms with Gasteiger partial charge in [-0.1, -0.05) is 0 Å². The monoisotopic (exact) mass is 400 g/mol. The van der Waals surface area contributed by atoms with E-state index in [-0.39, 0.29) is 27.7 Å². The molecule has 3 aromatic rings. The summed E-state index contributed by atoms with van der Waals surface area (Å²) in [6.07, 6.45) is 1.18. The van der Waals surface area contributed by atoms with Crippen LogP contribution in [0.1, 0.15) is 42.6 Å². The lowest BCUT2D eigenvalue weighted by Gasteiger charge is -2.18. The maximum atomic E-state index is 14.1. The average molecular weight is 400 g/mol. The van der Waals surface area contributed by atoms with E-state index in [1.54, 1.807) is 6.07 Å². The van der Waals surface area contributed by atoms with Crippen LogP contribution in [0, 0.1) is 28.8 Å². The van der Waals surface area contributed by atoms with Crippen molar-refractivity contribution >= 4 is 16.8 Å². The zero-order chi connectivity index (χ0) is 21.3. The van der Waals surface area contributed by atoms with E-state index < -0.39 is 40.9 Å². The fourth-order valence-electron chi connectivity index (χ4n) is 2.93. The van der Waals surface area contributed by atoms with Crippen molar-refractivity contribution in [2.75, 3.05) is 0 Å². The number of nitrogens with one attached hydrogen (secondary N) is 2. The van der Waals surface area contributed by atoms with E-state index in [1.807, 2.05) is 0 Å². The van der Waals surface area contributed by atoms with Crippen molar-refractivity contribution in [2.24, 2.45) is 0 Å². The Morgan fingerprint density at radius 1 is 1.21 bits per heavy atom. The summed E-state index contributed by atoms with van der Waals surface area (Å²) >= 11 is 0. The summed E-state index contributed by atoms with van der Waals surface area (Å²) in [5.74, 6) is -4.64. The number of amides is 1. The number of hydrogen-bond donors (Lipinski definition) is 2. The van der Waals surface area contributed by atoms with Crippen molar-refractivity contribution in [3.05, 3.63) is 75.1 Å².